The summed E-state index contributed by atoms with van der Waals surface area (Å²) in [7, 11) is 0. The van der Waals surface area contributed by atoms with Crippen LogP contribution in [0.5, 0.6) is 0 Å². The second-order valence-electron chi connectivity index (χ2n) is 6.59. The average molecular weight is 191 g/mol. The van der Waals surface area contributed by atoms with Gasteiger partial charge in [-0.1, -0.05) is 13.8 Å². The summed E-state index contributed by atoms with van der Waals surface area (Å²) in [6.45, 7) is 4.99. The highest BCUT2D eigenvalue weighted by atomic mass is 14.9. The fourth-order valence-corrected chi connectivity index (χ4v) is 5.74. The maximum atomic E-state index is 6.31. The zero-order valence-corrected chi connectivity index (χ0v) is 9.19. The van der Waals surface area contributed by atoms with Crippen LogP contribution in [0.3, 0.4) is 0 Å². The number of hydrogen-bond donors (Lipinski definition) is 1. The number of nitrogens with two attached hydrogens (primary N) is 1. The van der Waals surface area contributed by atoms with Crippen molar-refractivity contribution in [3.05, 3.63) is 0 Å². The van der Waals surface area contributed by atoms with Crippen molar-refractivity contribution < 1.29 is 0 Å². The molecule has 1 nitrogen and oxygen atoms in total. The second kappa shape index (κ2) is 2.21. The molecule has 1 heteroatoms. The number of rotatable bonds is 0. The third-order valence-corrected chi connectivity index (χ3v) is 6.60. The third-order valence-electron chi connectivity index (χ3n) is 6.60. The smallest absolute Gasteiger partial charge is 0.0104 e. The summed E-state index contributed by atoms with van der Waals surface area (Å²) in [5.74, 6) is 8.09. The summed E-state index contributed by atoms with van der Waals surface area (Å²) < 4.78 is 0. The molecule has 14 heavy (non-hydrogen) atoms. The van der Waals surface area contributed by atoms with E-state index in [0.717, 1.165) is 47.3 Å². The van der Waals surface area contributed by atoms with Gasteiger partial charge in [0.05, 0.1) is 0 Å². The fourth-order valence-electron chi connectivity index (χ4n) is 5.74. The highest BCUT2D eigenvalue weighted by Crippen LogP contribution is 2.71. The van der Waals surface area contributed by atoms with Crippen molar-refractivity contribution in [1.29, 1.82) is 0 Å². The molecular weight excluding hydrogens is 170 g/mol. The Balaban J connectivity index is 1.72. The standard InChI is InChI=1S/C13H21N/c1-5-7-3-8(5)10-6(2)11-9(4-7)13(14)12(10)11/h5-13H,3-4,14H2,1-2H3. The van der Waals surface area contributed by atoms with Crippen LogP contribution in [0.25, 0.3) is 0 Å². The molecule has 9 rings (SSSR count). The summed E-state index contributed by atoms with van der Waals surface area (Å²) in [5, 5.41) is 0. The summed E-state index contributed by atoms with van der Waals surface area (Å²) in [6, 6.07) is 0.596. The lowest BCUT2D eigenvalue weighted by atomic mass is 9.31. The SMILES string of the molecule is CC1C2CC1C1C(C)C3C(C2)C(N)C13. The Kier molecular flexibility index (Phi) is 1.29. The molecule has 0 aromatic carbocycles. The molecule has 9 aliphatic carbocycles. The molecule has 0 amide bonds. The molecule has 0 aromatic heterocycles. The molecule has 0 heterocycles. The molecule has 0 aliphatic heterocycles. The molecule has 9 fully saturated rings. The van der Waals surface area contributed by atoms with Crippen LogP contribution in [0.4, 0.5) is 0 Å². The van der Waals surface area contributed by atoms with E-state index in [1.165, 1.54) is 6.42 Å². The molecule has 78 valence electrons. The first-order valence-electron chi connectivity index (χ1n) is 6.45. The van der Waals surface area contributed by atoms with E-state index in [1.807, 2.05) is 0 Å². The molecule has 9 aliphatic rings. The van der Waals surface area contributed by atoms with Crippen LogP contribution < -0.4 is 5.73 Å². The molecule has 6 bridgehead atoms. The first-order valence-corrected chi connectivity index (χ1v) is 6.45. The van der Waals surface area contributed by atoms with E-state index < -0.39 is 0 Å². The van der Waals surface area contributed by atoms with Crippen LogP contribution in [0.15, 0.2) is 0 Å². The van der Waals surface area contributed by atoms with Crippen LogP contribution >= 0.6 is 0 Å². The Morgan fingerprint density at radius 3 is 2.21 bits per heavy atom. The zero-order chi connectivity index (χ0) is 9.61. The summed E-state index contributed by atoms with van der Waals surface area (Å²) in [5.41, 5.74) is 6.31. The van der Waals surface area contributed by atoms with Crippen LogP contribution in [0.1, 0.15) is 26.7 Å². The van der Waals surface area contributed by atoms with Crippen molar-refractivity contribution in [2.45, 2.75) is 32.7 Å². The van der Waals surface area contributed by atoms with Crippen molar-refractivity contribution >= 4 is 0 Å². The van der Waals surface area contributed by atoms with Gasteiger partial charge in [0.25, 0.3) is 0 Å². The third kappa shape index (κ3) is 0.625. The van der Waals surface area contributed by atoms with Gasteiger partial charge in [0.15, 0.2) is 0 Å². The predicted octanol–water partition coefficient (Wildman–Crippen LogP) is 2.12. The van der Waals surface area contributed by atoms with E-state index >= 15 is 0 Å². The Bertz CT molecular complexity index is 274. The van der Waals surface area contributed by atoms with Crippen molar-refractivity contribution in [3.63, 3.8) is 0 Å². The summed E-state index contributed by atoms with van der Waals surface area (Å²) in [6.07, 6.45) is 3.01. The Morgan fingerprint density at radius 1 is 0.857 bits per heavy atom. The fraction of sp³-hybridized carbons (Fsp3) is 1.00. The van der Waals surface area contributed by atoms with Crippen molar-refractivity contribution in [3.8, 4) is 0 Å². The molecular formula is C13H21N. The van der Waals surface area contributed by atoms with Crippen molar-refractivity contribution in [1.82, 2.24) is 0 Å². The highest BCUT2D eigenvalue weighted by molar-refractivity contribution is 5.19. The largest absolute Gasteiger partial charge is 0.327 e. The van der Waals surface area contributed by atoms with Crippen molar-refractivity contribution in [2.24, 2.45) is 53.1 Å². The van der Waals surface area contributed by atoms with Crippen LogP contribution in [0, 0.1) is 47.3 Å². The summed E-state index contributed by atoms with van der Waals surface area (Å²) in [4.78, 5) is 0. The van der Waals surface area contributed by atoms with E-state index in [2.05, 4.69) is 13.8 Å². The van der Waals surface area contributed by atoms with Crippen LogP contribution in [0.2, 0.25) is 0 Å². The van der Waals surface area contributed by atoms with Gasteiger partial charge in [0.1, 0.15) is 0 Å². The lowest BCUT2D eigenvalue weighted by Crippen LogP contribution is -2.75. The summed E-state index contributed by atoms with van der Waals surface area (Å²) >= 11 is 0. The van der Waals surface area contributed by atoms with Crippen LogP contribution in [-0.4, -0.2) is 6.04 Å². The van der Waals surface area contributed by atoms with Gasteiger partial charge in [0.2, 0.25) is 0 Å². The van der Waals surface area contributed by atoms with Gasteiger partial charge in [-0.25, -0.2) is 0 Å². The molecule has 0 aromatic rings. The average Bonchev–Trinajstić information content (AvgIpc) is 2.09. The molecule has 2 N–H and O–H groups in total. The highest BCUT2D eigenvalue weighted by Gasteiger charge is 2.69. The minimum Gasteiger partial charge on any atom is -0.327 e. The van der Waals surface area contributed by atoms with Gasteiger partial charge in [0, 0.05) is 6.04 Å². The molecule has 0 radical (unpaired) electrons. The molecule has 9 atom stereocenters. The predicted molar refractivity (Wildman–Crippen MR) is 56.5 cm³/mol. The first-order chi connectivity index (χ1) is 6.70. The van der Waals surface area contributed by atoms with Gasteiger partial charge < -0.3 is 5.73 Å². The maximum absolute atomic E-state index is 6.31. The minimum absolute atomic E-state index is 0.596. The van der Waals surface area contributed by atoms with E-state index in [4.69, 9.17) is 5.73 Å². The first kappa shape index (κ1) is 8.15. The van der Waals surface area contributed by atoms with Gasteiger partial charge in [-0.3, -0.25) is 0 Å². The van der Waals surface area contributed by atoms with Gasteiger partial charge in [-0.2, -0.15) is 0 Å². The van der Waals surface area contributed by atoms with Gasteiger partial charge in [-0.15, -0.1) is 0 Å². The monoisotopic (exact) mass is 191 g/mol. The van der Waals surface area contributed by atoms with Gasteiger partial charge >= 0.3 is 0 Å². The maximum Gasteiger partial charge on any atom is 0.0104 e. The normalized spacial score (nSPS) is 73.5. The second-order valence-corrected chi connectivity index (χ2v) is 6.59. The minimum atomic E-state index is 0.596. The van der Waals surface area contributed by atoms with E-state index in [9.17, 15) is 0 Å². The Hall–Kier alpha value is -0.0400. The zero-order valence-electron chi connectivity index (χ0n) is 9.19. The van der Waals surface area contributed by atoms with Crippen molar-refractivity contribution in [2.75, 3.05) is 0 Å². The van der Waals surface area contributed by atoms with E-state index in [1.54, 1.807) is 6.42 Å². The van der Waals surface area contributed by atoms with Crippen LogP contribution in [-0.2, 0) is 0 Å². The molecule has 0 spiro atoms. The molecule has 9 saturated carbocycles. The number of hydrogen-bond acceptors (Lipinski definition) is 1. The Labute approximate surface area is 86.4 Å². The molecule has 0 saturated heterocycles. The lowest BCUT2D eigenvalue weighted by Gasteiger charge is -2.74. The Morgan fingerprint density at radius 2 is 1.50 bits per heavy atom. The topological polar surface area (TPSA) is 26.0 Å². The molecule has 9 unspecified atom stereocenters. The van der Waals surface area contributed by atoms with Gasteiger partial charge in [-0.05, 0) is 60.2 Å². The lowest BCUT2D eigenvalue weighted by molar-refractivity contribution is -0.249. The van der Waals surface area contributed by atoms with E-state index in [-0.39, 0.29) is 0 Å². The quantitative estimate of drug-likeness (QED) is 0.623. The van der Waals surface area contributed by atoms with E-state index in [0.29, 0.717) is 6.04 Å².